The van der Waals surface area contributed by atoms with E-state index in [0.717, 1.165) is 17.2 Å². The Bertz CT molecular complexity index is 1240. The van der Waals surface area contributed by atoms with Gasteiger partial charge in [0, 0.05) is 27.2 Å². The van der Waals surface area contributed by atoms with Crippen molar-refractivity contribution < 1.29 is 18.8 Å². The first-order valence-corrected chi connectivity index (χ1v) is 11.6. The number of carbonyl (C=O) groups excluding carboxylic acids is 3. The Labute approximate surface area is 208 Å². The number of hydrogen-bond donors (Lipinski definition) is 2. The number of carbonyl (C=O) groups is 3. The second-order valence-electron chi connectivity index (χ2n) is 9.19. The molecule has 2 aromatic carbocycles. The molecule has 10 heteroatoms. The summed E-state index contributed by atoms with van der Waals surface area (Å²) in [4.78, 5) is 45.9. The molecule has 0 aliphatic carbocycles. The first kappa shape index (κ1) is 24.7. The molecular formula is C25H27ClFN5O3. The molecule has 35 heavy (non-hydrogen) atoms. The molecule has 2 N–H and O–H groups in total. The number of anilines is 1. The quantitative estimate of drug-likeness (QED) is 0.659. The molecule has 3 amide bonds. The van der Waals surface area contributed by atoms with Gasteiger partial charge in [0.2, 0.25) is 11.9 Å². The molecule has 2 aliphatic rings. The number of guanidine groups is 1. The van der Waals surface area contributed by atoms with Gasteiger partial charge in [-0.2, -0.15) is 4.99 Å². The van der Waals surface area contributed by atoms with Gasteiger partial charge < -0.3 is 20.4 Å². The molecule has 184 valence electrons. The lowest BCUT2D eigenvalue weighted by Gasteiger charge is -2.51. The lowest BCUT2D eigenvalue weighted by molar-refractivity contribution is -0.126. The van der Waals surface area contributed by atoms with E-state index >= 15 is 0 Å². The highest BCUT2D eigenvalue weighted by molar-refractivity contribution is 6.31. The van der Waals surface area contributed by atoms with Crippen LogP contribution in [0.4, 0.5) is 10.1 Å². The van der Waals surface area contributed by atoms with Gasteiger partial charge in [-0.3, -0.25) is 14.4 Å². The predicted octanol–water partition coefficient (Wildman–Crippen LogP) is 2.98. The molecule has 0 bridgehead atoms. The monoisotopic (exact) mass is 499 g/mol. The van der Waals surface area contributed by atoms with E-state index in [2.05, 4.69) is 15.6 Å². The molecule has 0 radical (unpaired) electrons. The number of rotatable bonds is 5. The van der Waals surface area contributed by atoms with Crippen LogP contribution in [0.3, 0.4) is 0 Å². The summed E-state index contributed by atoms with van der Waals surface area (Å²) in [5.41, 5.74) is 0.926. The summed E-state index contributed by atoms with van der Waals surface area (Å²) in [7, 11) is 3.22. The minimum atomic E-state index is -1.01. The zero-order valence-corrected chi connectivity index (χ0v) is 20.7. The fraction of sp³-hybridized carbons (Fsp3) is 0.360. The van der Waals surface area contributed by atoms with E-state index in [1.54, 1.807) is 11.9 Å². The van der Waals surface area contributed by atoms with E-state index in [0.29, 0.717) is 5.96 Å². The number of likely N-dealkylation sites (tertiary alicyclic amines) is 1. The molecule has 1 fully saturated rings. The van der Waals surface area contributed by atoms with Crippen molar-refractivity contribution in [3.05, 3.63) is 63.9 Å². The Kier molecular flexibility index (Phi) is 6.55. The van der Waals surface area contributed by atoms with Gasteiger partial charge in [-0.15, -0.1) is 0 Å². The van der Waals surface area contributed by atoms with Crippen molar-refractivity contribution in [3.63, 3.8) is 0 Å². The Morgan fingerprint density at radius 2 is 1.89 bits per heavy atom. The van der Waals surface area contributed by atoms with E-state index in [1.807, 2.05) is 43.0 Å². The van der Waals surface area contributed by atoms with Crippen molar-refractivity contribution in [3.8, 4) is 0 Å². The molecule has 2 aromatic rings. The average molecular weight is 500 g/mol. The zero-order chi connectivity index (χ0) is 25.5. The molecule has 2 heterocycles. The van der Waals surface area contributed by atoms with Gasteiger partial charge in [-0.05, 0) is 29.2 Å². The summed E-state index contributed by atoms with van der Waals surface area (Å²) in [6.45, 7) is 4.82. The van der Waals surface area contributed by atoms with Crippen LogP contribution in [-0.4, -0.2) is 67.2 Å². The van der Waals surface area contributed by atoms with Crippen LogP contribution in [-0.2, 0) is 15.0 Å². The Morgan fingerprint density at radius 1 is 1.20 bits per heavy atom. The third-order valence-electron chi connectivity index (χ3n) is 6.46. The molecule has 0 saturated carbocycles. The topological polar surface area (TPSA) is 94.1 Å². The maximum absolute atomic E-state index is 14.3. The average Bonchev–Trinajstić information content (AvgIpc) is 3.12. The van der Waals surface area contributed by atoms with Crippen molar-refractivity contribution in [1.29, 1.82) is 0 Å². The van der Waals surface area contributed by atoms with Crippen LogP contribution in [0.5, 0.6) is 0 Å². The number of aliphatic imine (C=N–C) groups is 1. The maximum Gasteiger partial charge on any atom is 0.268 e. The third-order valence-corrected chi connectivity index (χ3v) is 6.75. The van der Waals surface area contributed by atoms with Crippen molar-refractivity contribution in [2.75, 3.05) is 39.0 Å². The Balaban J connectivity index is 1.75. The lowest BCUT2D eigenvalue weighted by Crippen LogP contribution is -2.68. The first-order valence-electron chi connectivity index (χ1n) is 11.3. The second kappa shape index (κ2) is 9.30. The standard InChI is InChI=1S/C25H27ClFN5O3/c1-14(2)15-7-5-6-8-17(15)25(12-32(13-25)24-30-21(33)11-31(24)4)23(35)29-20-10-19(27)18(26)9-16(20)22(34)28-3/h5-10,14H,11-13H2,1-4H3,(H,28,34)(H,29,35). The number of amides is 3. The van der Waals surface area contributed by atoms with Crippen LogP contribution in [0.15, 0.2) is 41.4 Å². The number of nitrogens with zero attached hydrogens (tertiary/aromatic N) is 3. The van der Waals surface area contributed by atoms with Crippen molar-refractivity contribution in [2.45, 2.75) is 25.2 Å². The summed E-state index contributed by atoms with van der Waals surface area (Å²) < 4.78 is 14.3. The molecule has 8 nitrogen and oxygen atoms in total. The highest BCUT2D eigenvalue weighted by Crippen LogP contribution is 2.41. The minimum absolute atomic E-state index is 0.0293. The summed E-state index contributed by atoms with van der Waals surface area (Å²) in [5, 5.41) is 5.05. The first-order chi connectivity index (χ1) is 16.6. The molecule has 1 saturated heterocycles. The lowest BCUT2D eigenvalue weighted by atomic mass is 9.69. The molecule has 0 aromatic heterocycles. The fourth-order valence-corrected chi connectivity index (χ4v) is 4.82. The highest BCUT2D eigenvalue weighted by atomic mass is 35.5. The fourth-order valence-electron chi connectivity index (χ4n) is 4.65. The summed E-state index contributed by atoms with van der Waals surface area (Å²) in [6, 6.07) is 9.95. The number of likely N-dealkylation sites (N-methyl/N-ethyl adjacent to an activating group) is 1. The van der Waals surface area contributed by atoms with Crippen molar-refractivity contribution in [1.82, 2.24) is 15.1 Å². The zero-order valence-electron chi connectivity index (χ0n) is 20.0. The molecule has 0 atom stereocenters. The Morgan fingerprint density at radius 3 is 2.49 bits per heavy atom. The summed E-state index contributed by atoms with van der Waals surface area (Å²) in [6.07, 6.45) is 0. The Hall–Kier alpha value is -3.46. The number of nitrogens with one attached hydrogen (secondary N) is 2. The molecule has 0 unspecified atom stereocenters. The van der Waals surface area contributed by atoms with Crippen LogP contribution < -0.4 is 10.6 Å². The van der Waals surface area contributed by atoms with Gasteiger partial charge in [0.1, 0.15) is 17.8 Å². The van der Waals surface area contributed by atoms with E-state index in [1.165, 1.54) is 13.1 Å². The van der Waals surface area contributed by atoms with E-state index in [9.17, 15) is 18.8 Å². The molecular weight excluding hydrogens is 473 g/mol. The molecule has 2 aliphatic heterocycles. The highest BCUT2D eigenvalue weighted by Gasteiger charge is 2.54. The maximum atomic E-state index is 14.3. The van der Waals surface area contributed by atoms with Crippen LogP contribution >= 0.6 is 11.6 Å². The minimum Gasteiger partial charge on any atom is -0.355 e. The van der Waals surface area contributed by atoms with Gasteiger partial charge in [-0.25, -0.2) is 4.39 Å². The predicted molar refractivity (Wildman–Crippen MR) is 132 cm³/mol. The van der Waals surface area contributed by atoms with Gasteiger partial charge >= 0.3 is 0 Å². The normalized spacial score (nSPS) is 16.8. The SMILES string of the molecule is CNC(=O)c1cc(Cl)c(F)cc1NC(=O)C1(c2ccccc2C(C)C)CN(C2=NC(=O)CN2C)C1. The van der Waals surface area contributed by atoms with E-state index < -0.39 is 17.1 Å². The molecule has 0 spiro atoms. The van der Waals surface area contributed by atoms with Gasteiger partial charge in [0.15, 0.2) is 0 Å². The van der Waals surface area contributed by atoms with E-state index in [-0.39, 0.29) is 53.6 Å². The summed E-state index contributed by atoms with van der Waals surface area (Å²) >= 11 is 5.90. The van der Waals surface area contributed by atoms with Crippen molar-refractivity contribution in [2.24, 2.45) is 4.99 Å². The molecule has 4 rings (SSSR count). The van der Waals surface area contributed by atoms with Crippen LogP contribution in [0, 0.1) is 5.82 Å². The van der Waals surface area contributed by atoms with Gasteiger partial charge in [0.25, 0.3) is 11.8 Å². The smallest absolute Gasteiger partial charge is 0.268 e. The number of benzene rings is 2. The van der Waals surface area contributed by atoms with Gasteiger partial charge in [-0.1, -0.05) is 49.7 Å². The van der Waals surface area contributed by atoms with E-state index in [4.69, 9.17) is 11.6 Å². The summed E-state index contributed by atoms with van der Waals surface area (Å²) in [5.74, 6) is -1.21. The van der Waals surface area contributed by atoms with Crippen molar-refractivity contribution >= 4 is 41.0 Å². The van der Waals surface area contributed by atoms with Crippen LogP contribution in [0.2, 0.25) is 5.02 Å². The van der Waals surface area contributed by atoms with Crippen LogP contribution in [0.1, 0.15) is 41.3 Å². The number of hydrogen-bond acceptors (Lipinski definition) is 5. The van der Waals surface area contributed by atoms with Gasteiger partial charge in [0.05, 0.1) is 16.3 Å². The van der Waals surface area contributed by atoms with Crippen LogP contribution in [0.25, 0.3) is 0 Å². The number of halogens is 2. The third kappa shape index (κ3) is 4.36. The second-order valence-corrected chi connectivity index (χ2v) is 9.59. The largest absolute Gasteiger partial charge is 0.355 e.